The van der Waals surface area contributed by atoms with Gasteiger partial charge < -0.3 is 10.1 Å². The van der Waals surface area contributed by atoms with Crippen LogP contribution >= 0.6 is 15.9 Å². The van der Waals surface area contributed by atoms with E-state index in [1.54, 1.807) is 0 Å². The lowest BCUT2D eigenvalue weighted by Crippen LogP contribution is -2.42. The highest BCUT2D eigenvalue weighted by atomic mass is 79.9. The first-order valence-electron chi connectivity index (χ1n) is 6.29. The van der Waals surface area contributed by atoms with Crippen LogP contribution in [0.25, 0.3) is 0 Å². The van der Waals surface area contributed by atoms with Crippen molar-refractivity contribution in [3.63, 3.8) is 0 Å². The van der Waals surface area contributed by atoms with Crippen molar-refractivity contribution in [2.24, 2.45) is 0 Å². The molecule has 4 heteroatoms. The molecule has 1 aliphatic rings. The Morgan fingerprint density at radius 2 is 2.22 bits per heavy atom. The van der Waals surface area contributed by atoms with Crippen molar-refractivity contribution < 1.29 is 9.53 Å². The number of rotatable bonds is 3. The molecule has 0 aliphatic carbocycles. The van der Waals surface area contributed by atoms with Gasteiger partial charge in [-0.2, -0.15) is 0 Å². The first kappa shape index (κ1) is 13.6. The number of hydrogen-bond donors (Lipinski definition) is 1. The van der Waals surface area contributed by atoms with Gasteiger partial charge >= 0.3 is 5.97 Å². The topological polar surface area (TPSA) is 38.3 Å². The van der Waals surface area contributed by atoms with Crippen molar-refractivity contribution in [3.05, 3.63) is 34.3 Å². The highest BCUT2D eigenvalue weighted by molar-refractivity contribution is 9.10. The summed E-state index contributed by atoms with van der Waals surface area (Å²) in [6.45, 7) is 0.975. The molecule has 2 rings (SSSR count). The molecule has 1 aliphatic heterocycles. The van der Waals surface area contributed by atoms with Gasteiger partial charge in [-0.15, -0.1) is 0 Å². The maximum Gasteiger partial charge on any atom is 0.314 e. The molecule has 2 atom stereocenters. The number of carbonyl (C=O) groups is 1. The van der Waals surface area contributed by atoms with Crippen molar-refractivity contribution in [1.29, 1.82) is 0 Å². The van der Waals surface area contributed by atoms with Crippen molar-refractivity contribution >= 4 is 21.9 Å². The van der Waals surface area contributed by atoms with Crippen LogP contribution in [0.1, 0.15) is 30.7 Å². The third-order valence-corrected chi connectivity index (χ3v) is 4.17. The Hall–Kier alpha value is -0.870. The highest BCUT2D eigenvalue weighted by Gasteiger charge is 2.32. The summed E-state index contributed by atoms with van der Waals surface area (Å²) in [6.07, 6.45) is 3.36. The smallest absolute Gasteiger partial charge is 0.314 e. The lowest BCUT2D eigenvalue weighted by molar-refractivity contribution is -0.143. The molecule has 1 saturated heterocycles. The number of methoxy groups -OCH3 is 1. The zero-order chi connectivity index (χ0) is 13.0. The van der Waals surface area contributed by atoms with Crippen molar-refractivity contribution in [2.45, 2.75) is 31.2 Å². The summed E-state index contributed by atoms with van der Waals surface area (Å²) in [5.41, 5.74) is 1.00. The Balaban J connectivity index is 2.30. The molecular weight excluding hydrogens is 294 g/mol. The third kappa shape index (κ3) is 2.93. The fraction of sp³-hybridized carbons (Fsp3) is 0.500. The summed E-state index contributed by atoms with van der Waals surface area (Å²) in [5.74, 6) is -0.396. The maximum atomic E-state index is 12.1. The predicted molar refractivity (Wildman–Crippen MR) is 74.5 cm³/mol. The summed E-state index contributed by atoms with van der Waals surface area (Å²) >= 11 is 3.53. The number of hydrogen-bond acceptors (Lipinski definition) is 3. The van der Waals surface area contributed by atoms with Crippen molar-refractivity contribution in [3.8, 4) is 0 Å². The van der Waals surface area contributed by atoms with Crippen molar-refractivity contribution in [2.75, 3.05) is 13.7 Å². The molecule has 0 aromatic heterocycles. The van der Waals surface area contributed by atoms with E-state index in [2.05, 4.69) is 21.2 Å². The second-order valence-corrected chi connectivity index (χ2v) is 5.43. The largest absolute Gasteiger partial charge is 0.469 e. The van der Waals surface area contributed by atoms with E-state index in [-0.39, 0.29) is 17.9 Å². The van der Waals surface area contributed by atoms with Gasteiger partial charge in [-0.25, -0.2) is 0 Å². The average Bonchev–Trinajstić information content (AvgIpc) is 2.42. The van der Waals surface area contributed by atoms with E-state index >= 15 is 0 Å². The molecular formula is C14H18BrNO2. The average molecular weight is 312 g/mol. The zero-order valence-corrected chi connectivity index (χ0v) is 12.1. The van der Waals surface area contributed by atoms with Crippen LogP contribution in [0, 0.1) is 0 Å². The summed E-state index contributed by atoms with van der Waals surface area (Å²) in [7, 11) is 1.45. The van der Waals surface area contributed by atoms with Gasteiger partial charge in [0, 0.05) is 10.5 Å². The molecule has 1 fully saturated rings. The van der Waals surface area contributed by atoms with E-state index in [0.717, 1.165) is 29.4 Å². The first-order valence-corrected chi connectivity index (χ1v) is 7.09. The third-order valence-electron chi connectivity index (χ3n) is 3.45. The fourth-order valence-electron chi connectivity index (χ4n) is 2.53. The molecule has 0 amide bonds. The molecule has 0 saturated carbocycles. The van der Waals surface area contributed by atoms with Gasteiger partial charge in [-0.3, -0.25) is 4.79 Å². The number of halogens is 1. The van der Waals surface area contributed by atoms with Crippen LogP contribution in [-0.4, -0.2) is 25.7 Å². The predicted octanol–water partition coefficient (Wildman–Crippen LogP) is 2.85. The van der Waals surface area contributed by atoms with E-state index in [4.69, 9.17) is 4.74 Å². The molecule has 1 N–H and O–H groups in total. The molecule has 0 bridgehead atoms. The van der Waals surface area contributed by atoms with Gasteiger partial charge in [0.1, 0.15) is 0 Å². The summed E-state index contributed by atoms with van der Waals surface area (Å²) in [4.78, 5) is 12.1. The Labute approximate surface area is 116 Å². The minimum atomic E-state index is -0.231. The minimum absolute atomic E-state index is 0.165. The van der Waals surface area contributed by atoms with Crippen LogP contribution in [0.5, 0.6) is 0 Å². The van der Waals surface area contributed by atoms with E-state index < -0.39 is 0 Å². The van der Waals surface area contributed by atoms with Crippen molar-refractivity contribution in [1.82, 2.24) is 5.32 Å². The van der Waals surface area contributed by atoms with E-state index in [0.29, 0.717) is 0 Å². The number of piperidine rings is 1. The molecule has 1 heterocycles. The van der Waals surface area contributed by atoms with Crippen LogP contribution < -0.4 is 5.32 Å². The molecule has 0 radical (unpaired) electrons. The first-order chi connectivity index (χ1) is 8.74. The number of carbonyl (C=O) groups excluding carboxylic acids is 1. The Kier molecular flexibility index (Phi) is 4.78. The van der Waals surface area contributed by atoms with Gasteiger partial charge in [0.25, 0.3) is 0 Å². The van der Waals surface area contributed by atoms with Crippen LogP contribution in [0.3, 0.4) is 0 Å². The second kappa shape index (κ2) is 6.34. The van der Waals surface area contributed by atoms with Crippen LogP contribution in [0.4, 0.5) is 0 Å². The van der Waals surface area contributed by atoms with Crippen LogP contribution in [-0.2, 0) is 9.53 Å². The number of benzene rings is 1. The normalized spacial score (nSPS) is 21.3. The molecule has 98 valence electrons. The van der Waals surface area contributed by atoms with Gasteiger partial charge in [0.15, 0.2) is 0 Å². The quantitative estimate of drug-likeness (QED) is 0.872. The SMILES string of the molecule is COC(=O)[C@@H](c1ccccc1Br)[C@@H]1CCCCN1. The van der Waals surface area contributed by atoms with Gasteiger partial charge in [0.05, 0.1) is 13.0 Å². The van der Waals surface area contributed by atoms with Gasteiger partial charge in [-0.1, -0.05) is 40.5 Å². The zero-order valence-electron chi connectivity index (χ0n) is 10.5. The lowest BCUT2D eigenvalue weighted by atomic mass is 9.86. The Morgan fingerprint density at radius 1 is 1.44 bits per heavy atom. The molecule has 1 aromatic carbocycles. The summed E-state index contributed by atoms with van der Waals surface area (Å²) in [5, 5.41) is 3.44. The number of esters is 1. The van der Waals surface area contributed by atoms with E-state index in [1.165, 1.54) is 13.5 Å². The van der Waals surface area contributed by atoms with E-state index in [1.807, 2.05) is 24.3 Å². The van der Waals surface area contributed by atoms with Crippen LogP contribution in [0.2, 0.25) is 0 Å². The highest BCUT2D eigenvalue weighted by Crippen LogP contribution is 2.31. The van der Waals surface area contributed by atoms with Gasteiger partial charge in [-0.05, 0) is 31.0 Å². The monoisotopic (exact) mass is 311 g/mol. The lowest BCUT2D eigenvalue weighted by Gasteiger charge is -2.30. The minimum Gasteiger partial charge on any atom is -0.469 e. The van der Waals surface area contributed by atoms with E-state index in [9.17, 15) is 4.79 Å². The van der Waals surface area contributed by atoms with Gasteiger partial charge in [0.2, 0.25) is 0 Å². The number of ether oxygens (including phenoxy) is 1. The Bertz CT molecular complexity index is 416. The maximum absolute atomic E-state index is 12.1. The summed E-state index contributed by atoms with van der Waals surface area (Å²) in [6, 6.07) is 8.04. The molecule has 1 aromatic rings. The molecule has 3 nitrogen and oxygen atoms in total. The van der Waals surface area contributed by atoms with Crippen LogP contribution in [0.15, 0.2) is 28.7 Å². The Morgan fingerprint density at radius 3 is 2.83 bits per heavy atom. The molecule has 18 heavy (non-hydrogen) atoms. The number of nitrogens with one attached hydrogen (secondary N) is 1. The molecule has 0 unspecified atom stereocenters. The fourth-order valence-corrected chi connectivity index (χ4v) is 3.06. The molecule has 0 spiro atoms. The second-order valence-electron chi connectivity index (χ2n) is 4.58. The standard InChI is InChI=1S/C14H18BrNO2/c1-18-14(17)13(12-8-4-5-9-16-12)10-6-2-3-7-11(10)15/h2-3,6-7,12-13,16H,4-5,8-9H2,1H3/t12-,13-/m0/s1. The summed E-state index contributed by atoms with van der Waals surface area (Å²) < 4.78 is 5.94.